The molecule has 3 aromatic rings. The van der Waals surface area contributed by atoms with Crippen LogP contribution in [0.1, 0.15) is 18.7 Å². The van der Waals surface area contributed by atoms with Crippen molar-refractivity contribution < 1.29 is 17.7 Å². The zero-order valence-electron chi connectivity index (χ0n) is 15.9. The molecule has 29 heavy (non-hydrogen) atoms. The number of rotatable bonds is 6. The standard InChI is InChI=1S/C19H21N5O4S/c1-27-16-6-2-3-7-17(16)29(25,26)24-10-4-5-14(13-24)11-18-22-19(23-28-18)15-12-20-8-9-21-15/h2-3,6-9,12,14H,4-5,10-11,13H2,1H3. The predicted octanol–water partition coefficient (Wildman–Crippen LogP) is 2.18. The smallest absolute Gasteiger partial charge is 0.246 e. The van der Waals surface area contributed by atoms with Gasteiger partial charge in [-0.15, -0.1) is 0 Å². The topological polar surface area (TPSA) is 111 Å². The van der Waals surface area contributed by atoms with Crippen LogP contribution >= 0.6 is 0 Å². The molecular weight excluding hydrogens is 394 g/mol. The number of sulfonamides is 1. The largest absolute Gasteiger partial charge is 0.495 e. The van der Waals surface area contributed by atoms with E-state index in [1.54, 1.807) is 42.9 Å². The molecule has 0 spiro atoms. The minimum Gasteiger partial charge on any atom is -0.495 e. The van der Waals surface area contributed by atoms with Crippen molar-refractivity contribution in [3.63, 3.8) is 0 Å². The van der Waals surface area contributed by atoms with E-state index >= 15 is 0 Å². The van der Waals surface area contributed by atoms with Crippen molar-refractivity contribution in [1.82, 2.24) is 24.4 Å². The van der Waals surface area contributed by atoms with E-state index in [1.807, 2.05) is 0 Å². The molecule has 3 heterocycles. The van der Waals surface area contributed by atoms with Gasteiger partial charge in [-0.25, -0.2) is 13.4 Å². The van der Waals surface area contributed by atoms with E-state index in [9.17, 15) is 8.42 Å². The Morgan fingerprint density at radius 1 is 1.28 bits per heavy atom. The van der Waals surface area contributed by atoms with Crippen molar-refractivity contribution >= 4 is 10.0 Å². The van der Waals surface area contributed by atoms with Gasteiger partial charge < -0.3 is 9.26 Å². The maximum atomic E-state index is 13.1. The van der Waals surface area contributed by atoms with Gasteiger partial charge in [0, 0.05) is 31.9 Å². The zero-order chi connectivity index (χ0) is 20.3. The van der Waals surface area contributed by atoms with Gasteiger partial charge in [-0.3, -0.25) is 4.98 Å². The normalized spacial score (nSPS) is 17.9. The third-order valence-corrected chi connectivity index (χ3v) is 6.80. The second-order valence-electron chi connectivity index (χ2n) is 6.83. The van der Waals surface area contributed by atoms with Crippen molar-refractivity contribution in [3.05, 3.63) is 48.7 Å². The summed E-state index contributed by atoms with van der Waals surface area (Å²) >= 11 is 0. The van der Waals surface area contributed by atoms with Crippen LogP contribution < -0.4 is 4.74 Å². The molecule has 9 nitrogen and oxygen atoms in total. The monoisotopic (exact) mass is 415 g/mol. The Kier molecular flexibility index (Phi) is 5.54. The Labute approximate surface area is 168 Å². The Balaban J connectivity index is 1.48. The summed E-state index contributed by atoms with van der Waals surface area (Å²) in [6.07, 6.45) is 6.86. The van der Waals surface area contributed by atoms with Crippen LogP contribution in [0.4, 0.5) is 0 Å². The van der Waals surface area contributed by atoms with Crippen LogP contribution in [0.15, 0.2) is 52.3 Å². The number of aromatic nitrogens is 4. The summed E-state index contributed by atoms with van der Waals surface area (Å²) in [5.41, 5.74) is 0.534. The van der Waals surface area contributed by atoms with E-state index in [2.05, 4.69) is 20.1 Å². The molecule has 1 unspecified atom stereocenters. The summed E-state index contributed by atoms with van der Waals surface area (Å²) in [5, 5.41) is 3.95. The quantitative estimate of drug-likeness (QED) is 0.602. The first-order chi connectivity index (χ1) is 14.1. The fourth-order valence-electron chi connectivity index (χ4n) is 3.49. The number of para-hydroxylation sites is 1. The molecule has 1 atom stereocenters. The molecule has 1 aromatic carbocycles. The number of nitrogens with zero attached hydrogens (tertiary/aromatic N) is 5. The lowest BCUT2D eigenvalue weighted by Crippen LogP contribution is -2.40. The fraction of sp³-hybridized carbons (Fsp3) is 0.368. The van der Waals surface area contributed by atoms with Gasteiger partial charge in [0.2, 0.25) is 21.7 Å². The molecule has 0 radical (unpaired) electrons. The predicted molar refractivity (Wildman–Crippen MR) is 104 cm³/mol. The van der Waals surface area contributed by atoms with Crippen LogP contribution in [0.5, 0.6) is 5.75 Å². The molecule has 152 valence electrons. The molecule has 1 aliphatic heterocycles. The van der Waals surface area contributed by atoms with E-state index in [-0.39, 0.29) is 10.8 Å². The van der Waals surface area contributed by atoms with Crippen LogP contribution in [0, 0.1) is 5.92 Å². The van der Waals surface area contributed by atoms with E-state index < -0.39 is 10.0 Å². The highest BCUT2D eigenvalue weighted by Gasteiger charge is 2.32. The zero-order valence-corrected chi connectivity index (χ0v) is 16.7. The number of hydrogen-bond acceptors (Lipinski definition) is 8. The first kappa shape index (κ1) is 19.5. The molecule has 10 heteroatoms. The van der Waals surface area contributed by atoms with Crippen LogP contribution in [0.25, 0.3) is 11.5 Å². The molecule has 0 bridgehead atoms. The first-order valence-corrected chi connectivity index (χ1v) is 10.7. The molecule has 1 saturated heterocycles. The number of benzene rings is 1. The van der Waals surface area contributed by atoms with E-state index in [0.29, 0.717) is 42.7 Å². The van der Waals surface area contributed by atoms with Gasteiger partial charge in [-0.05, 0) is 30.9 Å². The molecule has 1 fully saturated rings. The van der Waals surface area contributed by atoms with Gasteiger partial charge >= 0.3 is 0 Å². The van der Waals surface area contributed by atoms with Crippen LogP contribution in [0.3, 0.4) is 0 Å². The van der Waals surface area contributed by atoms with Crippen LogP contribution in [0.2, 0.25) is 0 Å². The summed E-state index contributed by atoms with van der Waals surface area (Å²) < 4.78 is 38.4. The summed E-state index contributed by atoms with van der Waals surface area (Å²) in [4.78, 5) is 12.7. The Morgan fingerprint density at radius 3 is 2.93 bits per heavy atom. The van der Waals surface area contributed by atoms with Crippen LogP contribution in [-0.4, -0.2) is 53.0 Å². The minimum atomic E-state index is -3.64. The maximum Gasteiger partial charge on any atom is 0.246 e. The maximum absolute atomic E-state index is 13.1. The summed E-state index contributed by atoms with van der Waals surface area (Å²) in [6.45, 7) is 0.870. The molecule has 2 aromatic heterocycles. The van der Waals surface area contributed by atoms with Crippen molar-refractivity contribution in [3.8, 4) is 17.3 Å². The van der Waals surface area contributed by atoms with Crippen molar-refractivity contribution in [2.75, 3.05) is 20.2 Å². The van der Waals surface area contributed by atoms with Crippen molar-refractivity contribution in [2.24, 2.45) is 5.92 Å². The summed E-state index contributed by atoms with van der Waals surface area (Å²) in [6, 6.07) is 6.67. The summed E-state index contributed by atoms with van der Waals surface area (Å²) in [7, 11) is -2.17. The first-order valence-electron chi connectivity index (χ1n) is 9.30. The Morgan fingerprint density at radius 2 is 2.14 bits per heavy atom. The van der Waals surface area contributed by atoms with Gasteiger partial charge in [-0.1, -0.05) is 17.3 Å². The average Bonchev–Trinajstić information content (AvgIpc) is 3.23. The fourth-order valence-corrected chi connectivity index (χ4v) is 5.20. The third kappa shape index (κ3) is 4.13. The highest BCUT2D eigenvalue weighted by atomic mass is 32.2. The number of hydrogen-bond donors (Lipinski definition) is 0. The molecule has 0 saturated carbocycles. The molecule has 0 N–H and O–H groups in total. The highest BCUT2D eigenvalue weighted by molar-refractivity contribution is 7.89. The van der Waals surface area contributed by atoms with E-state index in [0.717, 1.165) is 12.8 Å². The van der Waals surface area contributed by atoms with Crippen molar-refractivity contribution in [2.45, 2.75) is 24.2 Å². The Bertz CT molecular complexity index is 1070. The Hall–Kier alpha value is -2.85. The molecule has 4 rings (SSSR count). The van der Waals surface area contributed by atoms with Crippen molar-refractivity contribution in [1.29, 1.82) is 0 Å². The lowest BCUT2D eigenvalue weighted by Gasteiger charge is -2.31. The molecule has 0 aliphatic carbocycles. The SMILES string of the molecule is COc1ccccc1S(=O)(=O)N1CCCC(Cc2nc(-c3cnccn3)no2)C1. The third-order valence-electron chi connectivity index (χ3n) is 4.89. The van der Waals surface area contributed by atoms with Crippen LogP contribution in [-0.2, 0) is 16.4 Å². The van der Waals surface area contributed by atoms with Gasteiger partial charge in [0.1, 0.15) is 16.3 Å². The summed E-state index contributed by atoms with van der Waals surface area (Å²) in [5.74, 6) is 1.28. The highest BCUT2D eigenvalue weighted by Crippen LogP contribution is 2.30. The number of ether oxygens (including phenoxy) is 1. The lowest BCUT2D eigenvalue weighted by molar-refractivity contribution is 0.246. The molecule has 1 aliphatic rings. The molecular formula is C19H21N5O4S. The molecule has 0 amide bonds. The second-order valence-corrected chi connectivity index (χ2v) is 8.74. The number of methoxy groups -OCH3 is 1. The second kappa shape index (κ2) is 8.26. The van der Waals surface area contributed by atoms with E-state index in [4.69, 9.17) is 9.26 Å². The minimum absolute atomic E-state index is 0.0865. The van der Waals surface area contributed by atoms with Gasteiger partial charge in [0.05, 0.1) is 13.3 Å². The lowest BCUT2D eigenvalue weighted by atomic mass is 9.96. The average molecular weight is 415 g/mol. The van der Waals surface area contributed by atoms with Gasteiger partial charge in [0.25, 0.3) is 0 Å². The number of piperidine rings is 1. The van der Waals surface area contributed by atoms with Gasteiger partial charge in [0.15, 0.2) is 0 Å². The van der Waals surface area contributed by atoms with E-state index in [1.165, 1.54) is 11.4 Å². The van der Waals surface area contributed by atoms with Gasteiger partial charge in [-0.2, -0.15) is 9.29 Å².